The van der Waals surface area contributed by atoms with Gasteiger partial charge in [0.1, 0.15) is 0 Å². The van der Waals surface area contributed by atoms with E-state index in [1.165, 1.54) is 11.1 Å². The highest BCUT2D eigenvalue weighted by molar-refractivity contribution is 5.79. The predicted molar refractivity (Wildman–Crippen MR) is 97.1 cm³/mol. The first-order valence-electron chi connectivity index (χ1n) is 8.30. The van der Waals surface area contributed by atoms with Crippen LogP contribution >= 0.6 is 0 Å². The second kappa shape index (κ2) is 6.61. The Bertz CT molecular complexity index is 923. The van der Waals surface area contributed by atoms with Gasteiger partial charge in [0.05, 0.1) is 5.69 Å². The highest BCUT2D eigenvalue weighted by Crippen LogP contribution is 2.15. The van der Waals surface area contributed by atoms with Crippen molar-refractivity contribution < 1.29 is 0 Å². The van der Waals surface area contributed by atoms with Gasteiger partial charge in [-0.3, -0.25) is 14.4 Å². The van der Waals surface area contributed by atoms with E-state index in [1.807, 2.05) is 36.9 Å². The fourth-order valence-corrected chi connectivity index (χ4v) is 3.00. The highest BCUT2D eigenvalue weighted by Gasteiger charge is 2.10. The van der Waals surface area contributed by atoms with Crippen LogP contribution in [-0.2, 0) is 19.6 Å². The summed E-state index contributed by atoms with van der Waals surface area (Å²) in [6.07, 6.45) is 2.08. The lowest BCUT2D eigenvalue weighted by Crippen LogP contribution is -2.23. The van der Waals surface area contributed by atoms with E-state index in [9.17, 15) is 4.79 Å². The van der Waals surface area contributed by atoms with E-state index in [-0.39, 0.29) is 5.56 Å². The zero-order chi connectivity index (χ0) is 17.3. The van der Waals surface area contributed by atoms with Crippen LogP contribution in [-0.4, -0.2) is 26.7 Å². The van der Waals surface area contributed by atoms with Crippen LogP contribution in [0.5, 0.6) is 0 Å². The quantitative estimate of drug-likeness (QED) is 0.785. The van der Waals surface area contributed by atoms with Crippen molar-refractivity contribution in [3.05, 3.63) is 63.2 Å². The predicted octanol–water partition coefficient (Wildman–Crippen LogP) is 2.99. The number of aromatic amines is 1. The molecule has 2 aromatic heterocycles. The molecule has 0 spiro atoms. The van der Waals surface area contributed by atoms with Gasteiger partial charge in [-0.2, -0.15) is 5.10 Å². The van der Waals surface area contributed by atoms with Gasteiger partial charge in [0.15, 0.2) is 0 Å². The molecule has 1 N–H and O–H groups in total. The smallest absolute Gasteiger partial charge is 0.252 e. The molecule has 24 heavy (non-hydrogen) atoms. The van der Waals surface area contributed by atoms with Crippen LogP contribution in [0.25, 0.3) is 10.9 Å². The van der Waals surface area contributed by atoms with Crippen molar-refractivity contribution in [1.82, 2.24) is 19.7 Å². The molecule has 0 aliphatic rings. The lowest BCUT2D eigenvalue weighted by molar-refractivity contribution is 0.317. The van der Waals surface area contributed by atoms with Crippen LogP contribution in [0.3, 0.4) is 0 Å². The van der Waals surface area contributed by atoms with Gasteiger partial charge in [0.25, 0.3) is 5.56 Å². The molecular weight excluding hydrogens is 300 g/mol. The minimum atomic E-state index is -0.0146. The van der Waals surface area contributed by atoms with Crippen molar-refractivity contribution in [1.29, 1.82) is 0 Å². The molecule has 0 atom stereocenters. The topological polar surface area (TPSA) is 53.9 Å². The molecule has 3 aromatic rings. The van der Waals surface area contributed by atoms with Crippen LogP contribution in [0.1, 0.15) is 29.3 Å². The summed E-state index contributed by atoms with van der Waals surface area (Å²) in [5.41, 5.74) is 5.10. The van der Waals surface area contributed by atoms with Crippen molar-refractivity contribution in [2.45, 2.75) is 40.4 Å². The third-order valence-corrected chi connectivity index (χ3v) is 4.33. The summed E-state index contributed by atoms with van der Waals surface area (Å²) in [6, 6.07) is 8.07. The Morgan fingerprint density at radius 3 is 2.62 bits per heavy atom. The van der Waals surface area contributed by atoms with Gasteiger partial charge in [-0.25, -0.2) is 0 Å². The van der Waals surface area contributed by atoms with Crippen molar-refractivity contribution in [3.63, 3.8) is 0 Å². The van der Waals surface area contributed by atoms with Crippen LogP contribution in [0.15, 0.2) is 35.3 Å². The van der Waals surface area contributed by atoms with Gasteiger partial charge in [-0.1, -0.05) is 11.6 Å². The fourth-order valence-electron chi connectivity index (χ4n) is 3.00. The largest absolute Gasteiger partial charge is 0.322 e. The lowest BCUT2D eigenvalue weighted by Gasteiger charge is -2.16. The number of hydrogen-bond acceptors (Lipinski definition) is 3. The van der Waals surface area contributed by atoms with Gasteiger partial charge in [0.2, 0.25) is 0 Å². The summed E-state index contributed by atoms with van der Waals surface area (Å²) in [7, 11) is 2.03. The third kappa shape index (κ3) is 3.41. The molecule has 5 heteroatoms. The molecule has 1 aromatic carbocycles. The van der Waals surface area contributed by atoms with E-state index in [0.717, 1.165) is 35.2 Å². The van der Waals surface area contributed by atoms with E-state index in [0.29, 0.717) is 6.54 Å². The summed E-state index contributed by atoms with van der Waals surface area (Å²) in [5.74, 6) is 0. The molecule has 0 unspecified atom stereocenters. The monoisotopic (exact) mass is 324 g/mol. The molecule has 0 radical (unpaired) electrons. The van der Waals surface area contributed by atoms with Crippen LogP contribution in [0.4, 0.5) is 0 Å². The maximum Gasteiger partial charge on any atom is 0.252 e. The second-order valence-corrected chi connectivity index (χ2v) is 6.48. The first kappa shape index (κ1) is 16.5. The summed E-state index contributed by atoms with van der Waals surface area (Å²) in [5, 5.41) is 5.56. The minimum absolute atomic E-state index is 0.0146. The van der Waals surface area contributed by atoms with E-state index in [4.69, 9.17) is 0 Å². The third-order valence-electron chi connectivity index (χ3n) is 4.33. The van der Waals surface area contributed by atoms with Gasteiger partial charge in [-0.15, -0.1) is 0 Å². The Kier molecular flexibility index (Phi) is 4.53. The number of aryl methyl sites for hydroxylation is 3. The highest BCUT2D eigenvalue weighted by atomic mass is 16.1. The number of H-pyrrole nitrogens is 1. The summed E-state index contributed by atoms with van der Waals surface area (Å²) in [6.45, 7) is 8.42. The molecule has 0 saturated carbocycles. The Labute approximate surface area is 141 Å². The lowest BCUT2D eigenvalue weighted by atomic mass is 10.1. The number of benzene rings is 1. The Balaban J connectivity index is 1.81. The zero-order valence-corrected chi connectivity index (χ0v) is 14.8. The van der Waals surface area contributed by atoms with Crippen LogP contribution < -0.4 is 5.56 Å². The summed E-state index contributed by atoms with van der Waals surface area (Å²) in [4.78, 5) is 17.5. The average Bonchev–Trinajstić information content (AvgIpc) is 2.88. The Hall–Kier alpha value is -2.40. The van der Waals surface area contributed by atoms with Gasteiger partial charge < -0.3 is 4.98 Å². The van der Waals surface area contributed by atoms with E-state index in [1.54, 1.807) is 0 Å². The van der Waals surface area contributed by atoms with Crippen molar-refractivity contribution in [2.24, 2.45) is 0 Å². The van der Waals surface area contributed by atoms with Crippen molar-refractivity contribution in [2.75, 3.05) is 7.05 Å². The number of aromatic nitrogens is 3. The minimum Gasteiger partial charge on any atom is -0.322 e. The first-order chi connectivity index (χ1) is 11.5. The second-order valence-electron chi connectivity index (χ2n) is 6.48. The average molecular weight is 324 g/mol. The van der Waals surface area contributed by atoms with E-state index >= 15 is 0 Å². The Morgan fingerprint density at radius 1 is 1.17 bits per heavy atom. The molecule has 0 bridgehead atoms. The molecule has 3 rings (SSSR count). The van der Waals surface area contributed by atoms with Crippen LogP contribution in [0, 0.1) is 13.8 Å². The van der Waals surface area contributed by atoms with Gasteiger partial charge in [-0.05, 0) is 51.4 Å². The molecule has 2 heterocycles. The number of pyridine rings is 1. The van der Waals surface area contributed by atoms with Crippen molar-refractivity contribution in [3.8, 4) is 0 Å². The fraction of sp³-hybridized carbons (Fsp3) is 0.368. The molecule has 5 nitrogen and oxygen atoms in total. The summed E-state index contributed by atoms with van der Waals surface area (Å²) < 4.78 is 1.95. The molecule has 0 fully saturated rings. The number of nitrogens with zero attached hydrogens (tertiary/aromatic N) is 3. The number of fused-ring (bicyclic) bond motifs is 1. The maximum absolute atomic E-state index is 12.3. The molecule has 0 saturated heterocycles. The number of hydrogen-bond donors (Lipinski definition) is 1. The number of rotatable bonds is 5. The molecule has 0 aliphatic heterocycles. The normalized spacial score (nSPS) is 11.5. The standard InChI is InChI=1S/C19H24N4O/c1-5-23-12-17(14(3)21-23)11-22(4)10-16-9-15-8-13(2)6-7-18(15)20-19(16)24/h6-9,12H,5,10-11H2,1-4H3,(H,20,24). The van der Waals surface area contributed by atoms with Crippen LogP contribution in [0.2, 0.25) is 0 Å². The molecular formula is C19H24N4O. The summed E-state index contributed by atoms with van der Waals surface area (Å²) >= 11 is 0. The van der Waals surface area contributed by atoms with Gasteiger partial charge >= 0.3 is 0 Å². The van der Waals surface area contributed by atoms with Crippen molar-refractivity contribution >= 4 is 10.9 Å². The van der Waals surface area contributed by atoms with Gasteiger partial charge in [0, 0.05) is 42.5 Å². The first-order valence-corrected chi connectivity index (χ1v) is 8.30. The van der Waals surface area contributed by atoms with E-state index < -0.39 is 0 Å². The maximum atomic E-state index is 12.3. The molecule has 0 amide bonds. The number of nitrogens with one attached hydrogen (secondary N) is 1. The molecule has 0 aliphatic carbocycles. The zero-order valence-electron chi connectivity index (χ0n) is 14.8. The van der Waals surface area contributed by atoms with E-state index in [2.05, 4.69) is 41.1 Å². The SMILES string of the molecule is CCn1cc(CN(C)Cc2cc3cc(C)ccc3[nH]c2=O)c(C)n1. The Morgan fingerprint density at radius 2 is 1.92 bits per heavy atom. The molecule has 126 valence electrons.